The molecular formula is C33H67N5O5. The Morgan fingerprint density at radius 3 is 1.21 bits per heavy atom. The molecule has 254 valence electrons. The van der Waals surface area contributed by atoms with Crippen LogP contribution in [0.25, 0.3) is 0 Å². The van der Waals surface area contributed by atoms with E-state index in [1.54, 1.807) is 0 Å². The lowest BCUT2D eigenvalue weighted by Gasteiger charge is -2.33. The summed E-state index contributed by atoms with van der Waals surface area (Å²) in [6, 6.07) is 0. The van der Waals surface area contributed by atoms with Gasteiger partial charge < -0.3 is 20.2 Å². The third kappa shape index (κ3) is 21.9. The number of carboxylic acid groups (broad SMARTS) is 1. The Labute approximate surface area is 263 Å². The number of amides is 1. The summed E-state index contributed by atoms with van der Waals surface area (Å²) >= 11 is 0. The fraction of sp³-hybridized carbons (Fsp3) is 0.939. The number of hydrogen-bond donors (Lipinski definition) is 3. The molecule has 0 aromatic heterocycles. The summed E-state index contributed by atoms with van der Waals surface area (Å²) in [6.07, 6.45) is 21.3. The van der Waals surface area contributed by atoms with Crippen LogP contribution in [0.5, 0.6) is 0 Å². The minimum atomic E-state index is -0.879. The standard InChI is InChI=1S/C33H67N5O5/c1-3-4-5-6-7-8-9-10-11-12-13-14-15-16-17-18-19-34(2)32(41)28-35-20-21-36(29-33(42)43)23-25-38(31-40)27-26-37(30-39)24-22-35/h39-40H,3-31H2,1-2H3,(H,42,43). The molecule has 0 aromatic carbocycles. The molecule has 0 aliphatic carbocycles. The van der Waals surface area contributed by atoms with Crippen molar-refractivity contribution in [3.8, 4) is 0 Å². The van der Waals surface area contributed by atoms with E-state index in [0.717, 1.165) is 19.4 Å². The Hall–Kier alpha value is -1.30. The fourth-order valence-corrected chi connectivity index (χ4v) is 5.70. The number of aliphatic carboxylic acids is 1. The van der Waals surface area contributed by atoms with Crippen LogP contribution in [0.15, 0.2) is 0 Å². The monoisotopic (exact) mass is 614 g/mol. The van der Waals surface area contributed by atoms with Gasteiger partial charge in [-0.2, -0.15) is 0 Å². The molecule has 1 amide bonds. The largest absolute Gasteiger partial charge is 0.480 e. The van der Waals surface area contributed by atoms with Crippen molar-refractivity contribution in [1.29, 1.82) is 0 Å². The topological polar surface area (TPSA) is 111 Å². The van der Waals surface area contributed by atoms with E-state index in [2.05, 4.69) is 11.8 Å². The van der Waals surface area contributed by atoms with Crippen LogP contribution in [0.2, 0.25) is 0 Å². The summed E-state index contributed by atoms with van der Waals surface area (Å²) in [7, 11) is 1.88. The average molecular weight is 614 g/mol. The predicted molar refractivity (Wildman–Crippen MR) is 175 cm³/mol. The Balaban J connectivity index is 2.27. The van der Waals surface area contributed by atoms with Crippen LogP contribution in [0, 0.1) is 0 Å². The molecule has 3 N–H and O–H groups in total. The van der Waals surface area contributed by atoms with Gasteiger partial charge in [0.05, 0.1) is 26.6 Å². The van der Waals surface area contributed by atoms with E-state index in [-0.39, 0.29) is 32.5 Å². The molecule has 10 heteroatoms. The van der Waals surface area contributed by atoms with Crippen molar-refractivity contribution >= 4 is 11.9 Å². The highest BCUT2D eigenvalue weighted by Gasteiger charge is 2.20. The molecule has 1 rings (SSSR count). The van der Waals surface area contributed by atoms with Gasteiger partial charge in [-0.15, -0.1) is 0 Å². The highest BCUT2D eigenvalue weighted by atomic mass is 16.4. The van der Waals surface area contributed by atoms with Crippen LogP contribution in [0.3, 0.4) is 0 Å². The van der Waals surface area contributed by atoms with Crippen LogP contribution in [-0.2, 0) is 9.59 Å². The first-order chi connectivity index (χ1) is 20.9. The Morgan fingerprint density at radius 1 is 0.535 bits per heavy atom. The van der Waals surface area contributed by atoms with Gasteiger partial charge >= 0.3 is 5.97 Å². The molecule has 43 heavy (non-hydrogen) atoms. The number of aliphatic hydroxyl groups excluding tert-OH is 2. The highest BCUT2D eigenvalue weighted by molar-refractivity contribution is 5.78. The van der Waals surface area contributed by atoms with Crippen LogP contribution in [0.4, 0.5) is 0 Å². The lowest BCUT2D eigenvalue weighted by atomic mass is 10.0. The molecule has 0 atom stereocenters. The second-order valence-electron chi connectivity index (χ2n) is 12.6. The lowest BCUT2D eigenvalue weighted by molar-refractivity contribution is -0.138. The third-order valence-corrected chi connectivity index (χ3v) is 8.82. The number of likely N-dealkylation sites (N-methyl/N-ethyl adjacent to an activating group) is 1. The van der Waals surface area contributed by atoms with Gasteiger partial charge in [-0.3, -0.25) is 29.2 Å². The number of carbonyl (C=O) groups is 2. The van der Waals surface area contributed by atoms with E-state index in [0.29, 0.717) is 52.4 Å². The maximum atomic E-state index is 13.0. The zero-order valence-corrected chi connectivity index (χ0v) is 27.9. The molecule has 0 saturated carbocycles. The quantitative estimate of drug-likeness (QED) is 0.148. The van der Waals surface area contributed by atoms with Gasteiger partial charge in [-0.1, -0.05) is 103 Å². The number of rotatable bonds is 23. The SMILES string of the molecule is CCCCCCCCCCCCCCCCCCN(C)C(=O)CN1CCN(CO)CCN(CO)CCN(CC(=O)O)CC1. The van der Waals surface area contributed by atoms with E-state index in [4.69, 9.17) is 0 Å². The minimum absolute atomic E-state index is 0.0665. The van der Waals surface area contributed by atoms with Crippen LogP contribution < -0.4 is 0 Å². The maximum Gasteiger partial charge on any atom is 0.317 e. The molecule has 1 heterocycles. The fourth-order valence-electron chi connectivity index (χ4n) is 5.70. The van der Waals surface area contributed by atoms with Gasteiger partial charge in [0, 0.05) is 66.0 Å². The van der Waals surface area contributed by atoms with Crippen molar-refractivity contribution in [2.45, 2.75) is 110 Å². The Bertz CT molecular complexity index is 686. The zero-order valence-electron chi connectivity index (χ0n) is 27.9. The summed E-state index contributed by atoms with van der Waals surface area (Å²) < 4.78 is 0. The molecule has 1 aliphatic rings. The molecule has 10 nitrogen and oxygen atoms in total. The molecule has 0 bridgehead atoms. The highest BCUT2D eigenvalue weighted by Crippen LogP contribution is 2.14. The first-order valence-corrected chi connectivity index (χ1v) is 17.5. The number of unbranched alkanes of at least 4 members (excludes halogenated alkanes) is 15. The molecule has 0 aromatic rings. The second-order valence-corrected chi connectivity index (χ2v) is 12.6. The number of carboxylic acids is 1. The number of carbonyl (C=O) groups excluding carboxylic acids is 1. The van der Waals surface area contributed by atoms with Gasteiger partial charge in [0.25, 0.3) is 0 Å². The van der Waals surface area contributed by atoms with Gasteiger partial charge in [0.2, 0.25) is 5.91 Å². The van der Waals surface area contributed by atoms with Crippen LogP contribution in [-0.4, -0.2) is 144 Å². The normalized spacial score (nSPS) is 17.0. The Kier molecular flexibility index (Phi) is 25.0. The first kappa shape index (κ1) is 39.7. The smallest absolute Gasteiger partial charge is 0.317 e. The van der Waals surface area contributed by atoms with Crippen molar-refractivity contribution in [3.63, 3.8) is 0 Å². The lowest BCUT2D eigenvalue weighted by Crippen LogP contribution is -2.49. The number of hydrogen-bond acceptors (Lipinski definition) is 8. The zero-order chi connectivity index (χ0) is 31.5. The summed E-state index contributed by atoms with van der Waals surface area (Å²) in [5.41, 5.74) is 0. The maximum absolute atomic E-state index is 13.0. The summed E-state index contributed by atoms with van der Waals surface area (Å²) in [4.78, 5) is 34.0. The molecular weight excluding hydrogens is 546 g/mol. The Morgan fingerprint density at radius 2 is 0.860 bits per heavy atom. The summed E-state index contributed by atoms with van der Waals surface area (Å²) in [5, 5.41) is 28.8. The average Bonchev–Trinajstić information content (AvgIpc) is 2.99. The van der Waals surface area contributed by atoms with Gasteiger partial charge in [-0.05, 0) is 6.42 Å². The third-order valence-electron chi connectivity index (χ3n) is 8.82. The molecule has 0 radical (unpaired) electrons. The van der Waals surface area contributed by atoms with Crippen molar-refractivity contribution in [2.75, 3.05) is 92.5 Å². The van der Waals surface area contributed by atoms with E-state index in [1.807, 2.05) is 26.6 Å². The van der Waals surface area contributed by atoms with Crippen LogP contribution >= 0.6 is 0 Å². The summed E-state index contributed by atoms with van der Waals surface area (Å²) in [5.74, 6) is -0.796. The van der Waals surface area contributed by atoms with Gasteiger partial charge in [-0.25, -0.2) is 0 Å². The van der Waals surface area contributed by atoms with Gasteiger partial charge in [0.1, 0.15) is 0 Å². The molecule has 1 fully saturated rings. The number of aliphatic hydroxyl groups is 2. The minimum Gasteiger partial charge on any atom is -0.480 e. The predicted octanol–water partition coefficient (Wildman–Crippen LogP) is 3.91. The van der Waals surface area contributed by atoms with E-state index < -0.39 is 5.97 Å². The first-order valence-electron chi connectivity index (χ1n) is 17.5. The van der Waals surface area contributed by atoms with E-state index >= 15 is 0 Å². The molecule has 1 saturated heterocycles. The molecule has 1 aliphatic heterocycles. The second kappa shape index (κ2) is 27.0. The number of nitrogens with zero attached hydrogens (tertiary/aromatic N) is 5. The van der Waals surface area contributed by atoms with Crippen molar-refractivity contribution in [1.82, 2.24) is 24.5 Å². The van der Waals surface area contributed by atoms with Crippen LogP contribution in [0.1, 0.15) is 110 Å². The van der Waals surface area contributed by atoms with Gasteiger partial charge in [0.15, 0.2) is 0 Å². The molecule has 0 unspecified atom stereocenters. The van der Waals surface area contributed by atoms with Crippen molar-refractivity contribution < 1.29 is 24.9 Å². The molecule has 0 spiro atoms. The van der Waals surface area contributed by atoms with Crippen molar-refractivity contribution in [2.24, 2.45) is 0 Å². The van der Waals surface area contributed by atoms with Crippen molar-refractivity contribution in [3.05, 3.63) is 0 Å². The van der Waals surface area contributed by atoms with E-state index in [9.17, 15) is 24.9 Å². The summed E-state index contributed by atoms with van der Waals surface area (Å²) in [6.45, 7) is 7.63. The van der Waals surface area contributed by atoms with E-state index in [1.165, 1.54) is 89.9 Å².